The topological polar surface area (TPSA) is 162 Å². The molecule has 13 heteroatoms. The molecule has 0 bridgehead atoms. The first-order valence-corrected chi connectivity index (χ1v) is 15.2. The number of carbonyl (C=O) groups is 1. The van der Waals surface area contributed by atoms with Crippen molar-refractivity contribution in [1.82, 2.24) is 25.3 Å². The molecular formula is C25H31N7O4S2. The number of primary amides is 1. The van der Waals surface area contributed by atoms with E-state index in [1.54, 1.807) is 24.5 Å². The molecule has 0 radical (unpaired) electrons. The smallest absolute Gasteiger partial charge is 0.277 e. The number of hydrogen-bond acceptors (Lipinski definition) is 10. The minimum Gasteiger partial charge on any atom is -0.477 e. The van der Waals surface area contributed by atoms with E-state index in [0.29, 0.717) is 59.4 Å². The highest BCUT2D eigenvalue weighted by atomic mass is 32.2. The average molecular weight is 558 g/mol. The van der Waals surface area contributed by atoms with E-state index in [1.165, 1.54) is 6.20 Å². The number of anilines is 1. The number of rotatable bonds is 11. The van der Waals surface area contributed by atoms with Crippen LogP contribution in [0.4, 0.5) is 5.69 Å². The van der Waals surface area contributed by atoms with Crippen molar-refractivity contribution in [2.75, 3.05) is 17.9 Å². The number of nitrogens with two attached hydrogens (primary N) is 1. The quantitative estimate of drug-likeness (QED) is 0.322. The molecule has 1 saturated heterocycles. The molecule has 2 fully saturated rings. The number of nitrogens with zero attached hydrogens (tertiary/aromatic N) is 4. The SMILES string of the molecule is CCOc1cncc(-c2sc(C(N)=O)nc2[C@H](C[C@@H]2CCCCN2)c2cc(NS(=O)(=O)C3CC3)ccn2)n1. The van der Waals surface area contributed by atoms with Crippen molar-refractivity contribution in [2.24, 2.45) is 5.73 Å². The molecule has 1 aliphatic heterocycles. The van der Waals surface area contributed by atoms with E-state index in [4.69, 9.17) is 10.5 Å². The molecule has 2 aliphatic rings. The third kappa shape index (κ3) is 6.11. The molecule has 0 aromatic carbocycles. The summed E-state index contributed by atoms with van der Waals surface area (Å²) in [5, 5.41) is 3.39. The van der Waals surface area contributed by atoms with Crippen molar-refractivity contribution in [3.05, 3.63) is 47.1 Å². The second kappa shape index (κ2) is 11.3. The summed E-state index contributed by atoms with van der Waals surface area (Å²) in [6, 6.07) is 3.60. The molecule has 3 aromatic heterocycles. The Morgan fingerprint density at radius 2 is 2.11 bits per heavy atom. The zero-order chi connectivity index (χ0) is 26.7. The van der Waals surface area contributed by atoms with Crippen molar-refractivity contribution < 1.29 is 17.9 Å². The molecule has 1 saturated carbocycles. The summed E-state index contributed by atoms with van der Waals surface area (Å²) in [6.07, 6.45) is 9.94. The number of ether oxygens (including phenoxy) is 1. The number of pyridine rings is 1. The maximum atomic E-state index is 12.6. The lowest BCUT2D eigenvalue weighted by atomic mass is 9.88. The highest BCUT2D eigenvalue weighted by molar-refractivity contribution is 7.93. The van der Waals surface area contributed by atoms with Crippen LogP contribution < -0.4 is 20.5 Å². The van der Waals surface area contributed by atoms with E-state index in [1.807, 2.05) is 6.92 Å². The van der Waals surface area contributed by atoms with Crippen LogP contribution >= 0.6 is 11.3 Å². The van der Waals surface area contributed by atoms with Gasteiger partial charge in [0.2, 0.25) is 15.9 Å². The third-order valence-electron chi connectivity index (χ3n) is 6.63. The van der Waals surface area contributed by atoms with E-state index in [2.05, 4.69) is 30.0 Å². The molecule has 0 spiro atoms. The van der Waals surface area contributed by atoms with Crippen LogP contribution in [0.2, 0.25) is 0 Å². The lowest BCUT2D eigenvalue weighted by Crippen LogP contribution is -2.35. The Labute approximate surface area is 225 Å². The van der Waals surface area contributed by atoms with Crippen LogP contribution in [0.25, 0.3) is 10.6 Å². The Hall–Kier alpha value is -3.16. The van der Waals surface area contributed by atoms with Crippen molar-refractivity contribution in [1.29, 1.82) is 0 Å². The molecule has 4 heterocycles. The molecule has 3 aromatic rings. The van der Waals surface area contributed by atoms with Gasteiger partial charge in [0.15, 0.2) is 5.01 Å². The summed E-state index contributed by atoms with van der Waals surface area (Å²) in [5.74, 6) is -0.622. The van der Waals surface area contributed by atoms with Crippen molar-refractivity contribution in [2.45, 2.75) is 62.7 Å². The van der Waals surface area contributed by atoms with Gasteiger partial charge in [-0.15, -0.1) is 11.3 Å². The highest BCUT2D eigenvalue weighted by Gasteiger charge is 2.36. The molecule has 38 heavy (non-hydrogen) atoms. The van der Waals surface area contributed by atoms with Gasteiger partial charge in [0, 0.05) is 18.2 Å². The molecule has 202 valence electrons. The number of carbonyl (C=O) groups excluding carboxylic acids is 1. The van der Waals surface area contributed by atoms with E-state index in [9.17, 15) is 13.2 Å². The number of sulfonamides is 1. The first-order valence-electron chi connectivity index (χ1n) is 12.8. The molecule has 11 nitrogen and oxygen atoms in total. The first kappa shape index (κ1) is 26.4. The maximum absolute atomic E-state index is 12.6. The molecule has 5 rings (SSSR count). The van der Waals surface area contributed by atoms with Gasteiger partial charge in [-0.2, -0.15) is 0 Å². The fourth-order valence-electron chi connectivity index (χ4n) is 4.64. The van der Waals surface area contributed by atoms with Gasteiger partial charge in [0.05, 0.1) is 46.2 Å². The Morgan fingerprint density at radius 3 is 2.82 bits per heavy atom. The fourth-order valence-corrected chi connectivity index (χ4v) is 6.95. The Kier molecular flexibility index (Phi) is 7.86. The molecule has 1 aliphatic carbocycles. The van der Waals surface area contributed by atoms with Crippen molar-refractivity contribution >= 4 is 33.0 Å². The standard InChI is InChI=1S/C25H31N7O4S2/c1-2-36-21-14-27-13-20(30-21)23-22(31-25(37-23)24(26)33)18(11-15-5-3-4-9-28-15)19-12-16(8-10-29-19)32-38(34,35)17-6-7-17/h8,10,12-15,17-18,28H,2-7,9,11H2,1H3,(H2,26,33)(H,29,32)/t15-,18+/m0/s1. The normalized spacial score (nSPS) is 18.6. The summed E-state index contributed by atoms with van der Waals surface area (Å²) >= 11 is 1.16. The summed E-state index contributed by atoms with van der Waals surface area (Å²) in [5.41, 5.74) is 7.86. The molecule has 4 N–H and O–H groups in total. The van der Waals surface area contributed by atoms with E-state index >= 15 is 0 Å². The van der Waals surface area contributed by atoms with E-state index < -0.39 is 15.9 Å². The van der Waals surface area contributed by atoms with Gasteiger partial charge in [-0.05, 0) is 57.7 Å². The summed E-state index contributed by atoms with van der Waals surface area (Å²) in [4.78, 5) is 31.0. The van der Waals surface area contributed by atoms with Gasteiger partial charge in [-0.3, -0.25) is 19.5 Å². The van der Waals surface area contributed by atoms with Gasteiger partial charge in [-0.1, -0.05) is 6.42 Å². The van der Waals surface area contributed by atoms with Gasteiger partial charge in [0.1, 0.15) is 5.69 Å². The lowest BCUT2D eigenvalue weighted by molar-refractivity contribution is 0.0999. The van der Waals surface area contributed by atoms with Gasteiger partial charge >= 0.3 is 0 Å². The van der Waals surface area contributed by atoms with Crippen LogP contribution in [-0.4, -0.2) is 58.7 Å². The third-order valence-corrected chi connectivity index (χ3v) is 9.60. The van der Waals surface area contributed by atoms with Crippen molar-refractivity contribution in [3.63, 3.8) is 0 Å². The Balaban J connectivity index is 1.58. The van der Waals surface area contributed by atoms with Crippen LogP contribution in [0, 0.1) is 0 Å². The largest absolute Gasteiger partial charge is 0.477 e. The Morgan fingerprint density at radius 1 is 1.26 bits per heavy atom. The van der Waals surface area contributed by atoms with Gasteiger partial charge in [-0.25, -0.2) is 18.4 Å². The molecule has 1 amide bonds. The summed E-state index contributed by atoms with van der Waals surface area (Å²) < 4.78 is 33.5. The highest BCUT2D eigenvalue weighted by Crippen LogP contribution is 2.40. The predicted molar refractivity (Wildman–Crippen MR) is 145 cm³/mol. The second-order valence-electron chi connectivity index (χ2n) is 9.52. The average Bonchev–Trinajstić information content (AvgIpc) is 3.68. The van der Waals surface area contributed by atoms with E-state index in [-0.39, 0.29) is 22.2 Å². The van der Waals surface area contributed by atoms with Crippen LogP contribution in [0.3, 0.4) is 0 Å². The summed E-state index contributed by atoms with van der Waals surface area (Å²) in [7, 11) is -3.44. The molecule has 0 unspecified atom stereocenters. The first-order chi connectivity index (χ1) is 18.3. The minimum atomic E-state index is -3.44. The second-order valence-corrected chi connectivity index (χ2v) is 12.5. The zero-order valence-electron chi connectivity index (χ0n) is 21.1. The van der Waals surface area contributed by atoms with Gasteiger partial charge < -0.3 is 15.8 Å². The number of thiazole rings is 1. The minimum absolute atomic E-state index is 0.158. The summed E-state index contributed by atoms with van der Waals surface area (Å²) in [6.45, 7) is 3.22. The van der Waals surface area contributed by atoms with Crippen molar-refractivity contribution in [3.8, 4) is 16.5 Å². The lowest BCUT2D eigenvalue weighted by Gasteiger charge is -2.27. The molecule has 2 atom stereocenters. The predicted octanol–water partition coefficient (Wildman–Crippen LogP) is 3.06. The molecular weight excluding hydrogens is 526 g/mol. The number of nitrogens with one attached hydrogen (secondary N) is 2. The Bertz CT molecular complexity index is 1400. The van der Waals surface area contributed by atoms with E-state index in [0.717, 1.165) is 37.1 Å². The number of hydrogen-bond donors (Lipinski definition) is 3. The van der Waals surface area contributed by atoms with Gasteiger partial charge in [0.25, 0.3) is 5.91 Å². The van der Waals surface area contributed by atoms with Crippen LogP contribution in [0.1, 0.15) is 72.6 Å². The van der Waals surface area contributed by atoms with Crippen LogP contribution in [-0.2, 0) is 10.0 Å². The zero-order valence-corrected chi connectivity index (χ0v) is 22.7. The number of amides is 1. The number of piperidine rings is 1. The maximum Gasteiger partial charge on any atom is 0.277 e. The number of aromatic nitrogens is 4. The van der Waals surface area contributed by atoms with Crippen LogP contribution in [0.15, 0.2) is 30.7 Å². The fraction of sp³-hybridized carbons (Fsp3) is 0.480. The monoisotopic (exact) mass is 557 g/mol. The van der Waals surface area contributed by atoms with Crippen LogP contribution in [0.5, 0.6) is 5.88 Å².